The second-order valence-corrected chi connectivity index (χ2v) is 5.83. The molecule has 0 bridgehead atoms. The van der Waals surface area contributed by atoms with Gasteiger partial charge >= 0.3 is 6.18 Å². The molecule has 2 aliphatic rings. The summed E-state index contributed by atoms with van der Waals surface area (Å²) in [4.78, 5) is 40.3. The third-order valence-corrected chi connectivity index (χ3v) is 4.17. The van der Waals surface area contributed by atoms with Crippen molar-refractivity contribution in [2.24, 2.45) is 11.7 Å². The maximum atomic E-state index is 13.0. The Labute approximate surface area is 139 Å². The molecule has 7 nitrogen and oxygen atoms in total. The number of fused-ring (bicyclic) bond motifs is 1. The van der Waals surface area contributed by atoms with E-state index in [1.807, 2.05) is 0 Å². The van der Waals surface area contributed by atoms with Crippen LogP contribution in [0.4, 0.5) is 13.2 Å². The maximum Gasteiger partial charge on any atom is 0.416 e. The number of hydroxylamine groups is 2. The number of nitrogens with zero attached hydrogens (tertiary/aromatic N) is 1. The molecule has 134 valence electrons. The molecule has 0 saturated carbocycles. The lowest BCUT2D eigenvalue weighted by molar-refractivity contribution is -0.174. The summed E-state index contributed by atoms with van der Waals surface area (Å²) in [6, 6.07) is 3.51. The van der Waals surface area contributed by atoms with Crippen LogP contribution in [0.15, 0.2) is 24.3 Å². The van der Waals surface area contributed by atoms with Crippen LogP contribution in [-0.4, -0.2) is 35.4 Å². The Morgan fingerprint density at radius 3 is 2.64 bits per heavy atom. The second-order valence-electron chi connectivity index (χ2n) is 5.83. The Morgan fingerprint density at radius 2 is 2.00 bits per heavy atom. The first-order chi connectivity index (χ1) is 11.7. The van der Waals surface area contributed by atoms with Crippen LogP contribution >= 0.6 is 0 Å². The van der Waals surface area contributed by atoms with Gasteiger partial charge in [0.2, 0.25) is 11.8 Å². The van der Waals surface area contributed by atoms with E-state index in [0.29, 0.717) is 0 Å². The maximum absolute atomic E-state index is 13.0. The number of primary amides is 1. The molecule has 0 spiro atoms. The number of nitrogens with two attached hydrogens (primary N) is 1. The number of halogens is 3. The van der Waals surface area contributed by atoms with Crippen molar-refractivity contribution in [3.8, 4) is 0 Å². The van der Waals surface area contributed by atoms with E-state index in [1.54, 1.807) is 0 Å². The van der Waals surface area contributed by atoms with Gasteiger partial charge in [0.1, 0.15) is 0 Å². The van der Waals surface area contributed by atoms with Crippen molar-refractivity contribution < 1.29 is 32.4 Å². The van der Waals surface area contributed by atoms with Crippen molar-refractivity contribution in [2.75, 3.05) is 6.54 Å². The molecule has 1 aromatic carbocycles. The first kappa shape index (κ1) is 17.4. The summed E-state index contributed by atoms with van der Waals surface area (Å²) >= 11 is 0. The number of carbonyl (C=O) groups is 3. The van der Waals surface area contributed by atoms with Gasteiger partial charge in [0.15, 0.2) is 6.10 Å². The largest absolute Gasteiger partial charge is 0.416 e. The molecule has 1 aromatic rings. The molecule has 2 saturated heterocycles. The Bertz CT molecular complexity index is 737. The number of imide groups is 1. The average Bonchev–Trinajstić information content (AvgIpc) is 3.03. The minimum absolute atomic E-state index is 0.0518. The summed E-state index contributed by atoms with van der Waals surface area (Å²) in [5.41, 5.74) is 4.37. The predicted octanol–water partition coefficient (Wildman–Crippen LogP) is 0.510. The lowest BCUT2D eigenvalue weighted by Crippen LogP contribution is -2.35. The van der Waals surface area contributed by atoms with Gasteiger partial charge in [-0.15, -0.1) is 0 Å². The van der Waals surface area contributed by atoms with E-state index in [1.165, 1.54) is 17.2 Å². The number of rotatable bonds is 4. The highest BCUT2D eigenvalue weighted by Crippen LogP contribution is 2.43. The van der Waals surface area contributed by atoms with E-state index in [4.69, 9.17) is 10.6 Å². The Balaban J connectivity index is 1.98. The molecule has 3 rings (SSSR count). The summed E-state index contributed by atoms with van der Waals surface area (Å²) in [6.07, 6.45) is -5.83. The van der Waals surface area contributed by atoms with Gasteiger partial charge < -0.3 is 5.73 Å². The molecule has 3 N–H and O–H groups in total. The van der Waals surface area contributed by atoms with Gasteiger partial charge in [-0.25, -0.2) is 0 Å². The fourth-order valence-corrected chi connectivity index (χ4v) is 3.07. The molecular weight excluding hydrogens is 343 g/mol. The fourth-order valence-electron chi connectivity index (χ4n) is 3.07. The third kappa shape index (κ3) is 3.22. The summed E-state index contributed by atoms with van der Waals surface area (Å²) in [5.74, 6) is -2.92. The van der Waals surface area contributed by atoms with Crippen LogP contribution < -0.4 is 11.1 Å². The van der Waals surface area contributed by atoms with Crippen LogP contribution in [0.2, 0.25) is 0 Å². The van der Waals surface area contributed by atoms with Crippen LogP contribution in [0.25, 0.3) is 0 Å². The van der Waals surface area contributed by atoms with Crippen molar-refractivity contribution >= 4 is 17.7 Å². The third-order valence-electron chi connectivity index (χ3n) is 4.17. The van der Waals surface area contributed by atoms with Gasteiger partial charge in [-0.1, -0.05) is 12.1 Å². The molecule has 0 aliphatic carbocycles. The van der Waals surface area contributed by atoms with Crippen LogP contribution in [0.1, 0.15) is 23.6 Å². The lowest BCUT2D eigenvalue weighted by atomic mass is 9.90. The Morgan fingerprint density at radius 1 is 1.28 bits per heavy atom. The highest BCUT2D eigenvalue weighted by molar-refractivity contribution is 6.07. The molecule has 25 heavy (non-hydrogen) atoms. The molecule has 10 heteroatoms. The second kappa shape index (κ2) is 6.12. The van der Waals surface area contributed by atoms with Gasteiger partial charge in [0.25, 0.3) is 5.91 Å². The zero-order chi connectivity index (χ0) is 18.4. The van der Waals surface area contributed by atoms with E-state index in [9.17, 15) is 27.6 Å². The SMILES string of the molecule is NC(=O)CCN1OC2C(=O)NC(=O)C2C1c1cccc(C(F)(F)F)c1. The van der Waals surface area contributed by atoms with Gasteiger partial charge in [0, 0.05) is 13.0 Å². The topological polar surface area (TPSA) is 102 Å². The van der Waals surface area contributed by atoms with E-state index in [2.05, 4.69) is 5.32 Å². The van der Waals surface area contributed by atoms with Crippen molar-refractivity contribution in [1.82, 2.24) is 10.4 Å². The molecule has 3 amide bonds. The first-order valence-electron chi connectivity index (χ1n) is 7.42. The van der Waals surface area contributed by atoms with Gasteiger partial charge in [-0.3, -0.25) is 24.5 Å². The number of nitrogens with one attached hydrogen (secondary N) is 1. The summed E-state index contributed by atoms with van der Waals surface area (Å²) < 4.78 is 38.9. The standard InChI is InChI=1S/C15H14F3N3O4/c16-15(17,18)8-3-1-2-7(6-8)11-10-12(14(24)20-13(10)23)25-21(11)5-4-9(19)22/h1-3,6,10-12H,4-5H2,(H2,19,22)(H,20,23,24). The van der Waals surface area contributed by atoms with Gasteiger partial charge in [-0.05, 0) is 17.7 Å². The molecule has 0 radical (unpaired) electrons. The predicted molar refractivity (Wildman–Crippen MR) is 76.2 cm³/mol. The molecule has 2 fully saturated rings. The molecule has 0 aromatic heterocycles. The smallest absolute Gasteiger partial charge is 0.370 e. The van der Waals surface area contributed by atoms with Crippen molar-refractivity contribution in [3.05, 3.63) is 35.4 Å². The van der Waals surface area contributed by atoms with Crippen LogP contribution in [0, 0.1) is 5.92 Å². The van der Waals surface area contributed by atoms with E-state index >= 15 is 0 Å². The number of hydrogen-bond donors (Lipinski definition) is 2. The Hall–Kier alpha value is -2.46. The normalized spacial score (nSPS) is 26.6. The summed E-state index contributed by atoms with van der Waals surface area (Å²) in [6.45, 7) is -0.0518. The van der Waals surface area contributed by atoms with E-state index < -0.39 is 47.5 Å². The number of alkyl halides is 3. The number of hydrogen-bond acceptors (Lipinski definition) is 5. The average molecular weight is 357 g/mol. The van der Waals surface area contributed by atoms with E-state index in [-0.39, 0.29) is 18.5 Å². The molecular formula is C15H14F3N3O4. The number of benzene rings is 1. The van der Waals surface area contributed by atoms with Gasteiger partial charge in [-0.2, -0.15) is 18.2 Å². The summed E-state index contributed by atoms with van der Waals surface area (Å²) in [7, 11) is 0. The highest BCUT2D eigenvalue weighted by Gasteiger charge is 2.56. The lowest BCUT2D eigenvalue weighted by Gasteiger charge is -2.25. The van der Waals surface area contributed by atoms with Crippen LogP contribution in [0.3, 0.4) is 0 Å². The van der Waals surface area contributed by atoms with E-state index in [0.717, 1.165) is 12.1 Å². The molecule has 2 aliphatic heterocycles. The number of amides is 3. The fraction of sp³-hybridized carbons (Fsp3) is 0.400. The zero-order valence-electron chi connectivity index (χ0n) is 12.7. The summed E-state index contributed by atoms with van der Waals surface area (Å²) in [5, 5.41) is 3.29. The molecule has 3 unspecified atom stereocenters. The van der Waals surface area contributed by atoms with Crippen molar-refractivity contribution in [3.63, 3.8) is 0 Å². The zero-order valence-corrected chi connectivity index (χ0v) is 12.7. The van der Waals surface area contributed by atoms with Crippen LogP contribution in [0.5, 0.6) is 0 Å². The molecule has 2 heterocycles. The van der Waals surface area contributed by atoms with Crippen LogP contribution in [-0.2, 0) is 25.4 Å². The Kier molecular flexibility index (Phi) is 4.25. The minimum atomic E-state index is -4.55. The van der Waals surface area contributed by atoms with Gasteiger partial charge in [0.05, 0.1) is 17.5 Å². The quantitative estimate of drug-likeness (QED) is 0.765. The minimum Gasteiger partial charge on any atom is -0.370 e. The number of carbonyl (C=O) groups excluding carboxylic acids is 3. The molecule has 3 atom stereocenters. The van der Waals surface area contributed by atoms with Crippen molar-refractivity contribution in [1.29, 1.82) is 0 Å². The highest BCUT2D eigenvalue weighted by atomic mass is 19.4. The monoisotopic (exact) mass is 357 g/mol. The van der Waals surface area contributed by atoms with Crippen molar-refractivity contribution in [2.45, 2.75) is 24.7 Å². The first-order valence-corrected chi connectivity index (χ1v) is 7.42.